The maximum absolute atomic E-state index is 11.6. The molecule has 0 atom stereocenters. The number of rotatable bonds is 23. The summed E-state index contributed by atoms with van der Waals surface area (Å²) in [4.78, 5) is 172. The maximum Gasteiger partial charge on any atom is 0.330 e. The van der Waals surface area contributed by atoms with Crippen molar-refractivity contribution in [3.63, 3.8) is 0 Å². The van der Waals surface area contributed by atoms with Gasteiger partial charge in [-0.1, -0.05) is 298 Å². The Morgan fingerprint density at radius 3 is 0.914 bits per heavy atom. The van der Waals surface area contributed by atoms with Crippen molar-refractivity contribution < 1.29 is 76.7 Å². The Bertz CT molecular complexity index is 4040. The first-order valence-corrected chi connectivity index (χ1v) is 50.2. The number of nitrogens with zero attached hydrogens (tertiary/aromatic N) is 3. The van der Waals surface area contributed by atoms with Crippen LogP contribution < -0.4 is 16.0 Å². The van der Waals surface area contributed by atoms with E-state index in [2.05, 4.69) is 55.2 Å². The van der Waals surface area contributed by atoms with E-state index in [1.165, 1.54) is 70.1 Å². The van der Waals surface area contributed by atoms with E-state index in [0.717, 1.165) is 64.2 Å². The average Bonchev–Trinajstić information content (AvgIpc) is 1.70. The van der Waals surface area contributed by atoms with Crippen molar-refractivity contribution in [2.45, 2.75) is 419 Å². The number of nitrogens with one attached hydrogen (secondary N) is 3. The molecule has 2 heterocycles. The molecule has 140 heavy (non-hydrogen) atoms. The molecule has 22 heteroatoms. The van der Waals surface area contributed by atoms with Crippen LogP contribution in [0.2, 0.25) is 0 Å². The third-order valence-electron chi connectivity index (χ3n) is 18.2. The Labute approximate surface area is 856 Å². The second kappa shape index (κ2) is 75.7. The van der Waals surface area contributed by atoms with Crippen molar-refractivity contribution in [1.82, 2.24) is 30.7 Å². The number of likely N-dealkylation sites (tertiary alicyclic amines) is 2. The monoisotopic (exact) mass is 1960 g/mol. The van der Waals surface area contributed by atoms with Gasteiger partial charge in [0, 0.05) is 128 Å². The number of esters is 1. The van der Waals surface area contributed by atoms with E-state index >= 15 is 0 Å². The summed E-state index contributed by atoms with van der Waals surface area (Å²) >= 11 is 0. The average molecular weight is 1960 g/mol. The summed E-state index contributed by atoms with van der Waals surface area (Å²) in [5, 5.41) is 8.16. The Morgan fingerprint density at radius 1 is 0.357 bits per heavy atom. The van der Waals surface area contributed by atoms with Gasteiger partial charge in [0.25, 0.3) is 11.8 Å². The molecule has 3 aliphatic rings. The fourth-order valence-corrected chi connectivity index (χ4v) is 8.78. The molecule has 0 radical (unpaired) electrons. The lowest BCUT2D eigenvalue weighted by Crippen LogP contribution is -2.40. The molecule has 3 rings (SSSR count). The molecule has 0 aromatic carbocycles. The summed E-state index contributed by atoms with van der Waals surface area (Å²) in [6, 6.07) is 0. The van der Waals surface area contributed by atoms with Crippen molar-refractivity contribution in [2.24, 2.45) is 60.1 Å². The Morgan fingerprint density at radius 2 is 0.693 bits per heavy atom. The summed E-state index contributed by atoms with van der Waals surface area (Å²) in [5.41, 5.74) is -3.04. The lowest BCUT2D eigenvalue weighted by molar-refractivity contribution is -0.137. The van der Waals surface area contributed by atoms with E-state index in [1.54, 1.807) is 85.8 Å². The molecule has 22 nitrogen and oxygen atoms in total. The van der Waals surface area contributed by atoms with Crippen LogP contribution in [0, 0.1) is 96.6 Å². The van der Waals surface area contributed by atoms with Gasteiger partial charge in [0.1, 0.15) is 11.6 Å². The third-order valence-corrected chi connectivity index (χ3v) is 18.2. The van der Waals surface area contributed by atoms with E-state index in [9.17, 15) is 71.9 Å². The number of carbonyl (C=O) groups is 15. The molecule has 1 saturated carbocycles. The standard InChI is InChI=1S/C13H23NO.C11H19NO.C10H19NO.C10H16O3.C10H16O2.C10H18O.C9H15NO.C9H16O.C8H14O.C7H15NO.C7H11NO.C7H14O.C7H10O/c1-13(2,3)12(15)8-7-11-14-9-5-4-6-10-14;1-11(2,3)10(13)6-4-7-12-8-5-9-12;1-10(2,3)9(12)7-6-8-11(4)5;1-5-13-9(12)7-6-8(11)10(2,3)4;1-5-8(11)6-7-9(12)10(2,3)4;1-5-6-7-8-9(11)10(2,3)4;1-5-6-7-8(11)10-9(2,3)4;1-5-6-7-8(10)9(2,3)4;1-8(2,3)7(9)6-4-5-6;2*1-5-6(9)8-7(2,3)4;2*1-5-6(8)7(2,3)4/h7-8H,4-6,9-11H2,1-3H3;4,6H,5,7-9H2,1-3H3;6-7H,8H2,1-5H3;6-7H,5H2,1-4H3;6-7H,5H2,1-4H3;7-8H,5-6H2,1-4H3;5H2,1-4H3,(H,10,11);6-7H,5H2,1-4H3;6H,4-5H2,1-3H3;5H2,1-4H3,(H,8,9);1H,2-4H3,(H,8,9);5H2,1-4H3;1H,2-4H3/b8-7+;6-4+;3*7-6+;8-7+;;7-6+;;;;;. The van der Waals surface area contributed by atoms with E-state index in [4.69, 9.17) is 12.8 Å². The lowest BCUT2D eigenvalue weighted by Gasteiger charge is -2.29. The maximum atomic E-state index is 11.6. The van der Waals surface area contributed by atoms with Gasteiger partial charge in [-0.05, 0) is 221 Å². The smallest absolute Gasteiger partial charge is 0.330 e. The minimum absolute atomic E-state index is 0.00685. The van der Waals surface area contributed by atoms with Crippen LogP contribution in [-0.4, -0.2) is 185 Å². The van der Waals surface area contributed by atoms with E-state index in [0.29, 0.717) is 43.4 Å². The molecule has 3 N–H and O–H groups in total. The number of hydrogen-bond acceptors (Lipinski definition) is 19. The van der Waals surface area contributed by atoms with Crippen molar-refractivity contribution in [2.75, 3.05) is 66.5 Å². The second-order valence-electron chi connectivity index (χ2n) is 48.0. The van der Waals surface area contributed by atoms with E-state index in [1.807, 2.05) is 311 Å². The Balaban J connectivity index is -0.000000164. The van der Waals surface area contributed by atoms with Crippen LogP contribution in [0.5, 0.6) is 0 Å². The predicted octanol–water partition coefficient (Wildman–Crippen LogP) is 24.0. The van der Waals surface area contributed by atoms with Gasteiger partial charge in [0.05, 0.1) is 6.61 Å². The molecule has 0 aromatic heterocycles. The molecule has 0 spiro atoms. The highest BCUT2D eigenvalue weighted by Gasteiger charge is 2.37. The van der Waals surface area contributed by atoms with Crippen molar-refractivity contribution in [3.05, 3.63) is 85.1 Å². The Kier molecular flexibility index (Phi) is 81.8. The molecule has 804 valence electrons. The number of piperidine rings is 1. The van der Waals surface area contributed by atoms with Gasteiger partial charge < -0.3 is 25.6 Å². The molecule has 1 aliphatic carbocycles. The minimum atomic E-state index is -0.472. The first-order chi connectivity index (χ1) is 62.9. The molecule has 2 aliphatic heterocycles. The van der Waals surface area contributed by atoms with Gasteiger partial charge in [-0.15, -0.1) is 12.8 Å². The Hall–Kier alpha value is -9.01. The zero-order valence-corrected chi connectivity index (χ0v) is 98.0. The molecule has 0 aromatic rings. The van der Waals surface area contributed by atoms with Crippen LogP contribution >= 0.6 is 0 Å². The fraction of sp³-hybridized carbons (Fsp3) is 0.703. The summed E-state index contributed by atoms with van der Waals surface area (Å²) in [6.45, 7) is 95.6. The van der Waals surface area contributed by atoms with E-state index < -0.39 is 11.4 Å². The number of ether oxygens (including phenoxy) is 1. The highest BCUT2D eigenvalue weighted by atomic mass is 16.5. The van der Waals surface area contributed by atoms with Crippen LogP contribution in [0.15, 0.2) is 85.1 Å². The van der Waals surface area contributed by atoms with Crippen molar-refractivity contribution in [1.29, 1.82) is 0 Å². The van der Waals surface area contributed by atoms with Gasteiger partial charge in [-0.3, -0.25) is 76.9 Å². The summed E-state index contributed by atoms with van der Waals surface area (Å²) in [5.74, 6) is 10.3. The number of unbranched alkanes of at least 4 members (excludes halogenated alkanes) is 1. The first-order valence-electron chi connectivity index (χ1n) is 50.2. The van der Waals surface area contributed by atoms with Crippen molar-refractivity contribution in [3.8, 4) is 36.5 Å². The lowest BCUT2D eigenvalue weighted by atomic mass is 9.88. The second-order valence-corrected chi connectivity index (χ2v) is 48.0. The van der Waals surface area contributed by atoms with Gasteiger partial charge in [0.15, 0.2) is 46.3 Å². The van der Waals surface area contributed by atoms with Crippen LogP contribution in [0.25, 0.3) is 0 Å². The van der Waals surface area contributed by atoms with Gasteiger partial charge >= 0.3 is 5.97 Å². The summed E-state index contributed by atoms with van der Waals surface area (Å²) in [6.07, 6.45) is 46.0. The van der Waals surface area contributed by atoms with Crippen LogP contribution in [-0.2, 0) is 76.7 Å². The molecule has 3 amide bonds. The molecule has 3 fully saturated rings. The van der Waals surface area contributed by atoms with Crippen LogP contribution in [0.1, 0.15) is 402 Å². The summed E-state index contributed by atoms with van der Waals surface area (Å²) < 4.78 is 4.63. The molecular formula is C118H206N6O16. The largest absolute Gasteiger partial charge is 0.463 e. The molecular weight excluding hydrogens is 1760 g/mol. The SMILES string of the molecule is C#CC(=O)C(C)(C)C.C#CC(=O)NC(C)(C)C.CC(C)(C)C(=O)/C=C/CN1CCC1.CC(C)(C)C(=O)/C=C/CN1CCCCC1.CC(C)(C)C(=O)C1CC1.CC/C=C/C(=O)C(C)(C)C.CCC#CC(=O)NC(C)(C)C.CCC(=O)/C=C/C(=O)C(C)(C)C.CCC(=O)C(C)(C)C.CCC(=O)NC(C)(C)C.CCC/C=C/C(=O)C(C)(C)C.CCOC(=O)/C=C/C(=O)C(C)(C)C.CN(C)C/C=C/C(=O)C(C)(C)C. The molecule has 0 unspecified atom stereocenters. The highest BCUT2D eigenvalue weighted by molar-refractivity contribution is 6.02. The van der Waals surface area contributed by atoms with Crippen LogP contribution in [0.3, 0.4) is 0 Å². The number of terminal acetylenes is 2. The highest BCUT2D eigenvalue weighted by Crippen LogP contribution is 2.36. The van der Waals surface area contributed by atoms with Gasteiger partial charge in [0.2, 0.25) is 11.7 Å². The van der Waals surface area contributed by atoms with E-state index in [-0.39, 0.29) is 135 Å². The number of Topliss-reactive ketones (excluding diaryl/α,β-unsaturated/α-hetero) is 3. The number of amides is 3. The third kappa shape index (κ3) is 106. The zero-order valence-electron chi connectivity index (χ0n) is 98.0. The predicted molar refractivity (Wildman–Crippen MR) is 588 cm³/mol. The van der Waals surface area contributed by atoms with Crippen molar-refractivity contribution >= 4 is 87.3 Å². The number of hydrogen-bond donors (Lipinski definition) is 3. The zero-order chi connectivity index (χ0) is 113. The fourth-order valence-electron chi connectivity index (χ4n) is 8.78. The topological polar surface area (TPSA) is 311 Å². The number of carbonyl (C=O) groups excluding carboxylic acids is 15. The quantitative estimate of drug-likeness (QED) is 0.0370. The number of likely N-dealkylation sites (N-methyl/N-ethyl adjacent to an activating group) is 1. The van der Waals surface area contributed by atoms with Gasteiger partial charge in [-0.25, -0.2) is 4.79 Å². The normalized spacial score (nSPS) is 13.6. The molecule has 0 bridgehead atoms. The minimum Gasteiger partial charge on any atom is -0.463 e. The van der Waals surface area contributed by atoms with Crippen LogP contribution in [0.4, 0.5) is 0 Å². The summed E-state index contributed by atoms with van der Waals surface area (Å²) in [7, 11) is 3.96. The number of allylic oxidation sites excluding steroid dienone is 10. The van der Waals surface area contributed by atoms with Gasteiger partial charge in [-0.2, -0.15) is 0 Å². The first kappa shape index (κ1) is 151. The molecule has 2 saturated heterocycles. The number of ketones is 11.